The summed E-state index contributed by atoms with van der Waals surface area (Å²) in [6.07, 6.45) is 1.61. The van der Waals surface area contributed by atoms with Crippen molar-refractivity contribution in [2.75, 3.05) is 13.1 Å². The molecule has 0 saturated carbocycles. The van der Waals surface area contributed by atoms with Crippen molar-refractivity contribution in [3.05, 3.63) is 40.2 Å². The number of aryl methyl sites for hydroxylation is 3. The molecule has 1 heterocycles. The first-order valence-electron chi connectivity index (χ1n) is 4.99. The second kappa shape index (κ2) is 14.7. The van der Waals surface area contributed by atoms with Crippen molar-refractivity contribution in [2.24, 2.45) is 4.99 Å². The first kappa shape index (κ1) is 22.8. The van der Waals surface area contributed by atoms with Gasteiger partial charge in [-0.1, -0.05) is 33.9 Å². The van der Waals surface area contributed by atoms with Gasteiger partial charge in [0.25, 0.3) is 0 Å². The van der Waals surface area contributed by atoms with E-state index in [4.69, 9.17) is 3.67 Å². The van der Waals surface area contributed by atoms with E-state index in [-0.39, 0.29) is 24.8 Å². The fourth-order valence-corrected chi connectivity index (χ4v) is 1.40. The Morgan fingerprint density at radius 1 is 1.17 bits per heavy atom. The summed E-state index contributed by atoms with van der Waals surface area (Å²) in [6, 6.07) is 7.47. The Kier molecular flexibility index (Phi) is 18.6. The monoisotopic (exact) mass is 327 g/mol. The minimum absolute atomic E-state index is 0. The maximum atomic E-state index is 8.19. The molecule has 0 aromatic heterocycles. The Hall–Kier alpha value is -0.346. The van der Waals surface area contributed by atoms with Crippen molar-refractivity contribution in [3.8, 4) is 0 Å². The number of benzene rings is 1. The number of halogens is 2. The molecule has 0 amide bonds. The number of rotatable bonds is 0. The molecule has 1 aliphatic rings. The van der Waals surface area contributed by atoms with E-state index in [1.807, 2.05) is 0 Å². The van der Waals surface area contributed by atoms with Gasteiger partial charge in [0.15, 0.2) is 0 Å². The molecule has 0 fully saturated rings. The van der Waals surface area contributed by atoms with Crippen LogP contribution in [0, 0.1) is 26.8 Å². The van der Waals surface area contributed by atoms with Crippen molar-refractivity contribution in [3.63, 3.8) is 0 Å². The van der Waals surface area contributed by atoms with Crippen molar-refractivity contribution in [2.45, 2.75) is 20.8 Å². The number of aliphatic imine (C=N–C) groups is 1. The third-order valence-corrected chi connectivity index (χ3v) is 1.80. The molecule has 6 heteroatoms. The normalized spacial score (nSPS) is 10.5. The Labute approximate surface area is 131 Å². The van der Waals surface area contributed by atoms with E-state index >= 15 is 0 Å². The van der Waals surface area contributed by atoms with Gasteiger partial charge in [0.1, 0.15) is 0 Å². The molecule has 0 aliphatic carbocycles. The van der Waals surface area contributed by atoms with Crippen LogP contribution in [0.4, 0.5) is 0 Å². The molecule has 0 atom stereocenters. The van der Waals surface area contributed by atoms with Crippen LogP contribution in [0.1, 0.15) is 16.7 Å². The van der Waals surface area contributed by atoms with E-state index in [9.17, 15) is 0 Å². The Bertz CT molecular complexity index is 292. The van der Waals surface area contributed by atoms with Crippen LogP contribution < -0.4 is 0 Å². The minimum atomic E-state index is 0. The summed E-state index contributed by atoms with van der Waals surface area (Å²) in [5, 5.41) is 3.79. The molecule has 101 valence electrons. The predicted octanol–water partition coefficient (Wildman–Crippen LogP) is 3.54. The zero-order chi connectivity index (χ0) is 12.4. The summed E-state index contributed by atoms with van der Waals surface area (Å²) >= 11 is 1.06. The van der Waals surface area contributed by atoms with E-state index in [1.165, 1.54) is 16.7 Å². The van der Waals surface area contributed by atoms with E-state index in [0.717, 1.165) is 30.5 Å². The van der Waals surface area contributed by atoms with Crippen molar-refractivity contribution in [1.29, 1.82) is 0 Å². The fourth-order valence-electron chi connectivity index (χ4n) is 1.40. The average molecular weight is 328 g/mol. The van der Waals surface area contributed by atoms with Crippen LogP contribution in [0.2, 0.25) is 0 Å². The molecular formula is C12H18Cl2N2OV. The molecular weight excluding hydrogens is 310 g/mol. The molecule has 0 saturated heterocycles. The third kappa shape index (κ3) is 12.1. The van der Waals surface area contributed by atoms with Crippen molar-refractivity contribution in [1.82, 2.24) is 0 Å². The van der Waals surface area contributed by atoms with Crippen LogP contribution in [0.25, 0.3) is 5.32 Å². The van der Waals surface area contributed by atoms with Gasteiger partial charge < -0.3 is 10.3 Å². The van der Waals surface area contributed by atoms with Gasteiger partial charge in [0, 0.05) is 0 Å². The summed E-state index contributed by atoms with van der Waals surface area (Å²) in [5.41, 5.74) is 3.78. The molecule has 1 aromatic carbocycles. The molecule has 0 radical (unpaired) electrons. The molecule has 2 rings (SSSR count). The number of nitrogens with zero attached hydrogens (tertiary/aromatic N) is 2. The second-order valence-electron chi connectivity index (χ2n) is 3.45. The summed E-state index contributed by atoms with van der Waals surface area (Å²) in [7, 11) is 0. The molecule has 3 nitrogen and oxygen atoms in total. The molecule has 18 heavy (non-hydrogen) atoms. The van der Waals surface area contributed by atoms with Crippen molar-refractivity contribution >= 4 is 31.2 Å². The van der Waals surface area contributed by atoms with Gasteiger partial charge in [-0.15, -0.1) is 31.2 Å². The quantitative estimate of drug-likeness (QED) is 0.672. The van der Waals surface area contributed by atoms with Gasteiger partial charge >= 0.3 is 21.0 Å². The molecule has 1 aromatic rings. The topological polar surface area (TPSA) is 43.5 Å². The van der Waals surface area contributed by atoms with Crippen LogP contribution in [0.5, 0.6) is 0 Å². The fraction of sp³-hybridized carbons (Fsp3) is 0.417. The van der Waals surface area contributed by atoms with Gasteiger partial charge in [-0.05, 0) is 0 Å². The zero-order valence-electron chi connectivity index (χ0n) is 10.7. The van der Waals surface area contributed by atoms with Crippen LogP contribution in [-0.2, 0) is 21.0 Å². The standard InChI is InChI=1S/C9H11.C3H5N2.2ClH.O.V/c1-7-4-8(2)6-9(3)5-7;1-2-5-3-4-1;;;;/h4-5H,1-3H3;3H,1-2H2;2*1H;;/q2*-1;;;;+2. The Morgan fingerprint density at radius 3 is 1.89 bits per heavy atom. The van der Waals surface area contributed by atoms with Crippen LogP contribution in [0.3, 0.4) is 0 Å². The van der Waals surface area contributed by atoms with Crippen LogP contribution in [-0.4, -0.2) is 19.4 Å². The van der Waals surface area contributed by atoms with E-state index in [1.54, 1.807) is 6.34 Å². The summed E-state index contributed by atoms with van der Waals surface area (Å²) in [5.74, 6) is 0. The second-order valence-corrected chi connectivity index (χ2v) is 3.45. The van der Waals surface area contributed by atoms with Gasteiger partial charge in [-0.2, -0.15) is 34.9 Å². The van der Waals surface area contributed by atoms with Gasteiger partial charge in [0.2, 0.25) is 0 Å². The molecule has 0 spiro atoms. The van der Waals surface area contributed by atoms with E-state index in [2.05, 4.69) is 49.3 Å². The van der Waals surface area contributed by atoms with Gasteiger partial charge in [-0.25, -0.2) is 0 Å². The van der Waals surface area contributed by atoms with Crippen molar-refractivity contribution < 1.29 is 21.0 Å². The van der Waals surface area contributed by atoms with Crippen LogP contribution >= 0.6 is 24.8 Å². The Morgan fingerprint density at radius 2 is 1.67 bits per heavy atom. The molecule has 0 bridgehead atoms. The van der Waals surface area contributed by atoms with Gasteiger partial charge in [0.05, 0.1) is 0 Å². The molecule has 1 aliphatic heterocycles. The van der Waals surface area contributed by atoms with Crippen LogP contribution in [0.15, 0.2) is 17.1 Å². The number of hydrogen-bond donors (Lipinski definition) is 0. The van der Waals surface area contributed by atoms with E-state index < -0.39 is 0 Å². The molecule has 0 unspecified atom stereocenters. The number of hydrogen-bond acceptors (Lipinski definition) is 2. The first-order chi connectivity index (χ1) is 7.68. The summed E-state index contributed by atoms with van der Waals surface area (Å²) in [6.45, 7) is 8.05. The summed E-state index contributed by atoms with van der Waals surface area (Å²) in [4.78, 5) is 3.79. The molecule has 0 N–H and O–H groups in total. The first-order valence-corrected chi connectivity index (χ1v) is 5.56. The third-order valence-electron chi connectivity index (χ3n) is 1.80. The maximum absolute atomic E-state index is 8.19. The SMILES string of the molecule is C1=NCC[N-]1.Cc1[c-]c(C)cc(C)c1.Cl.Cl.[O]=[V+2]. The van der Waals surface area contributed by atoms with E-state index in [0.29, 0.717) is 0 Å². The average Bonchev–Trinajstić information content (AvgIpc) is 2.76. The zero-order valence-corrected chi connectivity index (χ0v) is 13.7. The Balaban J connectivity index is -0.000000217. The van der Waals surface area contributed by atoms with Gasteiger partial charge in [-0.3, -0.25) is 0 Å². The predicted molar refractivity (Wildman–Crippen MR) is 76.3 cm³/mol. The summed E-state index contributed by atoms with van der Waals surface area (Å²) < 4.78 is 8.19.